The van der Waals surface area contributed by atoms with E-state index in [0.29, 0.717) is 6.41 Å². The predicted molar refractivity (Wildman–Crippen MR) is 35.3 cm³/mol. The molecular weight excluding hydrogens is 151 g/mol. The number of likely N-dealkylation sites (tertiary alicyclic amines) is 1. The van der Waals surface area contributed by atoms with Crippen molar-refractivity contribution in [2.45, 2.75) is 12.1 Å². The van der Waals surface area contributed by atoms with E-state index in [4.69, 9.17) is 5.73 Å². The molecule has 1 atom stereocenters. The van der Waals surface area contributed by atoms with Gasteiger partial charge in [-0.15, -0.1) is 0 Å². The van der Waals surface area contributed by atoms with Gasteiger partial charge >= 0.3 is 0 Å². The average Bonchev–Trinajstić information content (AvgIpc) is 2.33. The third-order valence-electron chi connectivity index (χ3n) is 1.84. The molecule has 0 aromatic rings. The van der Waals surface area contributed by atoms with Crippen molar-refractivity contribution in [3.8, 4) is 0 Å². The molecule has 1 saturated heterocycles. The third kappa shape index (κ3) is 1.31. The van der Waals surface area contributed by atoms with Gasteiger partial charge in [-0.3, -0.25) is 9.59 Å². The Morgan fingerprint density at radius 3 is 2.64 bits per heavy atom. The molecule has 0 spiro atoms. The van der Waals surface area contributed by atoms with Crippen LogP contribution in [0.1, 0.15) is 6.42 Å². The van der Waals surface area contributed by atoms with Crippen molar-refractivity contribution in [1.29, 1.82) is 0 Å². The summed E-state index contributed by atoms with van der Waals surface area (Å²) in [7, 11) is 0. The van der Waals surface area contributed by atoms with Crippen molar-refractivity contribution >= 4 is 12.3 Å². The van der Waals surface area contributed by atoms with Gasteiger partial charge in [-0.1, -0.05) is 0 Å². The van der Waals surface area contributed by atoms with Gasteiger partial charge in [-0.25, -0.2) is 4.39 Å². The van der Waals surface area contributed by atoms with E-state index in [1.54, 1.807) is 0 Å². The van der Waals surface area contributed by atoms with Crippen LogP contribution in [0.25, 0.3) is 0 Å². The molecule has 1 aliphatic heterocycles. The van der Waals surface area contributed by atoms with Crippen LogP contribution in [0.15, 0.2) is 0 Å². The molecule has 1 unspecified atom stereocenters. The zero-order valence-corrected chi connectivity index (χ0v) is 5.92. The zero-order valence-electron chi connectivity index (χ0n) is 5.92. The van der Waals surface area contributed by atoms with Crippen molar-refractivity contribution in [2.24, 2.45) is 5.73 Å². The lowest BCUT2D eigenvalue weighted by Gasteiger charge is -2.13. The van der Waals surface area contributed by atoms with Crippen LogP contribution >= 0.6 is 0 Å². The van der Waals surface area contributed by atoms with Gasteiger partial charge in [0.25, 0.3) is 5.91 Å². The number of hydrogen-bond acceptors (Lipinski definition) is 2. The molecule has 1 fully saturated rings. The first-order valence-corrected chi connectivity index (χ1v) is 3.27. The Hall–Kier alpha value is -1.13. The van der Waals surface area contributed by atoms with Crippen LogP contribution in [0, 0.1) is 0 Å². The summed E-state index contributed by atoms with van der Waals surface area (Å²) in [5, 5.41) is 0. The number of hydrogen-bond donors (Lipinski definition) is 1. The van der Waals surface area contributed by atoms with E-state index in [0.717, 1.165) is 0 Å². The lowest BCUT2D eigenvalue weighted by molar-refractivity contribution is -0.129. The summed E-state index contributed by atoms with van der Waals surface area (Å²) >= 11 is 0. The molecule has 62 valence electrons. The van der Waals surface area contributed by atoms with Crippen molar-refractivity contribution < 1.29 is 14.0 Å². The first kappa shape index (κ1) is 7.97. The maximum Gasteiger partial charge on any atom is 0.257 e. The van der Waals surface area contributed by atoms with E-state index in [1.807, 2.05) is 0 Å². The molecule has 0 aromatic heterocycles. The summed E-state index contributed by atoms with van der Waals surface area (Å²) < 4.78 is 13.2. The lowest BCUT2D eigenvalue weighted by Crippen LogP contribution is -2.41. The number of primary amides is 1. The molecule has 0 radical (unpaired) electrons. The molecule has 0 aliphatic carbocycles. The molecule has 0 saturated carbocycles. The second kappa shape index (κ2) is 2.48. The molecule has 1 heterocycles. The fourth-order valence-corrected chi connectivity index (χ4v) is 1.09. The van der Waals surface area contributed by atoms with Gasteiger partial charge in [0.2, 0.25) is 12.1 Å². The highest BCUT2D eigenvalue weighted by Crippen LogP contribution is 2.23. The molecule has 11 heavy (non-hydrogen) atoms. The van der Waals surface area contributed by atoms with Gasteiger partial charge in [-0.2, -0.15) is 0 Å². The number of carbonyl (C=O) groups is 2. The summed E-state index contributed by atoms with van der Waals surface area (Å²) in [6, 6.07) is 0. The molecule has 2 amide bonds. The number of nitrogens with two attached hydrogens (primary N) is 1. The summed E-state index contributed by atoms with van der Waals surface area (Å²) in [6.07, 6.45) is 0.533. The van der Waals surface area contributed by atoms with Crippen LogP contribution in [0.3, 0.4) is 0 Å². The van der Waals surface area contributed by atoms with Crippen LogP contribution in [0.4, 0.5) is 4.39 Å². The minimum atomic E-state index is -2.00. The van der Waals surface area contributed by atoms with Crippen LogP contribution in [-0.4, -0.2) is 36.0 Å². The Labute approximate surface area is 63.1 Å². The number of nitrogens with zero attached hydrogens (tertiary/aromatic N) is 1. The maximum atomic E-state index is 13.2. The minimum Gasteiger partial charge on any atom is -0.367 e. The SMILES string of the molecule is NC(=O)C1(F)CCN(C=O)C1. The lowest BCUT2D eigenvalue weighted by atomic mass is 10.1. The van der Waals surface area contributed by atoms with E-state index in [-0.39, 0.29) is 19.5 Å². The predicted octanol–water partition coefficient (Wildman–Crippen LogP) is -0.958. The van der Waals surface area contributed by atoms with Crippen molar-refractivity contribution in [3.05, 3.63) is 0 Å². The van der Waals surface area contributed by atoms with E-state index < -0.39 is 11.6 Å². The highest BCUT2D eigenvalue weighted by molar-refractivity contribution is 5.84. The quantitative estimate of drug-likeness (QED) is 0.529. The van der Waals surface area contributed by atoms with E-state index in [1.165, 1.54) is 4.90 Å². The van der Waals surface area contributed by atoms with E-state index in [2.05, 4.69) is 0 Å². The summed E-state index contributed by atoms with van der Waals surface area (Å²) in [4.78, 5) is 21.8. The molecular formula is C6H9FN2O2. The van der Waals surface area contributed by atoms with Gasteiger partial charge in [-0.05, 0) is 0 Å². The normalized spacial score (nSPS) is 30.5. The standard InChI is InChI=1S/C6H9FN2O2/c7-6(5(8)11)1-2-9(3-6)4-10/h4H,1-3H2,(H2,8,11). The summed E-state index contributed by atoms with van der Waals surface area (Å²) in [6.45, 7) is 0.0643. The Kier molecular flexibility index (Phi) is 1.80. The Balaban J connectivity index is 2.64. The molecule has 5 heteroatoms. The molecule has 0 aromatic carbocycles. The fourth-order valence-electron chi connectivity index (χ4n) is 1.09. The molecule has 0 bridgehead atoms. The summed E-state index contributed by atoms with van der Waals surface area (Å²) in [5.41, 5.74) is 2.79. The Morgan fingerprint density at radius 2 is 2.36 bits per heavy atom. The van der Waals surface area contributed by atoms with Crippen LogP contribution < -0.4 is 5.73 Å². The van der Waals surface area contributed by atoms with Gasteiger partial charge < -0.3 is 10.6 Å². The van der Waals surface area contributed by atoms with Gasteiger partial charge in [0, 0.05) is 13.0 Å². The number of rotatable bonds is 2. The summed E-state index contributed by atoms with van der Waals surface area (Å²) in [5.74, 6) is -0.984. The first-order valence-electron chi connectivity index (χ1n) is 3.27. The number of carbonyl (C=O) groups excluding carboxylic acids is 2. The Bertz CT molecular complexity index is 197. The van der Waals surface area contributed by atoms with E-state index >= 15 is 0 Å². The molecule has 2 N–H and O–H groups in total. The minimum absolute atomic E-state index is 0.0150. The first-order chi connectivity index (χ1) is 5.08. The monoisotopic (exact) mass is 160 g/mol. The van der Waals surface area contributed by atoms with Gasteiger partial charge in [0.1, 0.15) is 0 Å². The van der Waals surface area contributed by atoms with Crippen LogP contribution in [-0.2, 0) is 9.59 Å². The average molecular weight is 160 g/mol. The van der Waals surface area contributed by atoms with Crippen molar-refractivity contribution in [1.82, 2.24) is 4.90 Å². The van der Waals surface area contributed by atoms with Gasteiger partial charge in [0.15, 0.2) is 0 Å². The smallest absolute Gasteiger partial charge is 0.257 e. The fraction of sp³-hybridized carbons (Fsp3) is 0.667. The zero-order chi connectivity index (χ0) is 8.48. The van der Waals surface area contributed by atoms with Crippen LogP contribution in [0.2, 0.25) is 0 Å². The maximum absolute atomic E-state index is 13.2. The highest BCUT2D eigenvalue weighted by Gasteiger charge is 2.43. The third-order valence-corrected chi connectivity index (χ3v) is 1.84. The molecule has 4 nitrogen and oxygen atoms in total. The number of amides is 2. The Morgan fingerprint density at radius 1 is 1.73 bits per heavy atom. The van der Waals surface area contributed by atoms with E-state index in [9.17, 15) is 14.0 Å². The second-order valence-corrected chi connectivity index (χ2v) is 2.66. The van der Waals surface area contributed by atoms with Crippen molar-refractivity contribution in [2.75, 3.05) is 13.1 Å². The topological polar surface area (TPSA) is 63.4 Å². The molecule has 1 aliphatic rings. The van der Waals surface area contributed by atoms with Gasteiger partial charge in [0.05, 0.1) is 6.54 Å². The largest absolute Gasteiger partial charge is 0.367 e. The molecule has 1 rings (SSSR count). The number of alkyl halides is 1. The highest BCUT2D eigenvalue weighted by atomic mass is 19.1. The second-order valence-electron chi connectivity index (χ2n) is 2.66. The van der Waals surface area contributed by atoms with Crippen LogP contribution in [0.5, 0.6) is 0 Å². The number of halogens is 1. The van der Waals surface area contributed by atoms with Crippen molar-refractivity contribution in [3.63, 3.8) is 0 Å².